The SMILES string of the molecule is CC1CCCC(C)[C@H](C)CN1. The van der Waals surface area contributed by atoms with Crippen LogP contribution in [0.15, 0.2) is 0 Å². The third-order valence-corrected chi connectivity index (χ3v) is 3.06. The molecule has 2 unspecified atom stereocenters. The van der Waals surface area contributed by atoms with Gasteiger partial charge >= 0.3 is 0 Å². The summed E-state index contributed by atoms with van der Waals surface area (Å²) in [5.74, 6) is 1.77. The first kappa shape index (κ1) is 9.05. The summed E-state index contributed by atoms with van der Waals surface area (Å²) in [4.78, 5) is 0. The third kappa shape index (κ3) is 2.82. The summed E-state index contributed by atoms with van der Waals surface area (Å²) in [6, 6.07) is 0.741. The molecule has 1 saturated heterocycles. The molecule has 0 spiro atoms. The van der Waals surface area contributed by atoms with Crippen molar-refractivity contribution in [1.82, 2.24) is 5.32 Å². The summed E-state index contributed by atoms with van der Waals surface area (Å²) in [5, 5.41) is 3.56. The van der Waals surface area contributed by atoms with Crippen molar-refractivity contribution >= 4 is 0 Å². The van der Waals surface area contributed by atoms with Crippen molar-refractivity contribution in [3.8, 4) is 0 Å². The van der Waals surface area contributed by atoms with Crippen LogP contribution in [0, 0.1) is 11.8 Å². The minimum Gasteiger partial charge on any atom is -0.314 e. The van der Waals surface area contributed by atoms with Crippen LogP contribution in [0.3, 0.4) is 0 Å². The molecule has 0 aromatic carbocycles. The second-order valence-corrected chi connectivity index (χ2v) is 4.19. The van der Waals surface area contributed by atoms with Crippen LogP contribution in [0.2, 0.25) is 0 Å². The summed E-state index contributed by atoms with van der Waals surface area (Å²) in [5.41, 5.74) is 0. The van der Waals surface area contributed by atoms with Gasteiger partial charge in [-0.3, -0.25) is 0 Å². The Bertz CT molecular complexity index is 111. The molecule has 66 valence electrons. The highest BCUT2D eigenvalue weighted by molar-refractivity contribution is 4.72. The largest absolute Gasteiger partial charge is 0.314 e. The van der Waals surface area contributed by atoms with E-state index >= 15 is 0 Å². The van der Waals surface area contributed by atoms with E-state index in [1.807, 2.05) is 0 Å². The van der Waals surface area contributed by atoms with E-state index < -0.39 is 0 Å². The summed E-state index contributed by atoms with van der Waals surface area (Å²) >= 11 is 0. The molecule has 0 amide bonds. The van der Waals surface area contributed by atoms with Crippen LogP contribution in [0.1, 0.15) is 40.0 Å². The average molecular weight is 155 g/mol. The highest BCUT2D eigenvalue weighted by Gasteiger charge is 2.16. The van der Waals surface area contributed by atoms with Gasteiger partial charge in [-0.1, -0.05) is 26.7 Å². The lowest BCUT2D eigenvalue weighted by atomic mass is 9.88. The normalized spacial score (nSPS) is 41.2. The van der Waals surface area contributed by atoms with Crippen LogP contribution in [0.4, 0.5) is 0 Å². The van der Waals surface area contributed by atoms with Crippen LogP contribution in [0.5, 0.6) is 0 Å². The predicted molar refractivity (Wildman–Crippen MR) is 49.6 cm³/mol. The van der Waals surface area contributed by atoms with E-state index in [-0.39, 0.29) is 0 Å². The number of rotatable bonds is 0. The van der Waals surface area contributed by atoms with Gasteiger partial charge in [0.05, 0.1) is 0 Å². The Morgan fingerprint density at radius 3 is 2.45 bits per heavy atom. The van der Waals surface area contributed by atoms with E-state index in [4.69, 9.17) is 0 Å². The minimum atomic E-state index is 0.741. The lowest BCUT2D eigenvalue weighted by Gasteiger charge is -2.26. The molecule has 1 N–H and O–H groups in total. The molecule has 1 fully saturated rings. The van der Waals surface area contributed by atoms with E-state index in [1.165, 1.54) is 25.8 Å². The summed E-state index contributed by atoms with van der Waals surface area (Å²) in [7, 11) is 0. The molecule has 0 saturated carbocycles. The highest BCUT2D eigenvalue weighted by Crippen LogP contribution is 2.20. The number of nitrogens with one attached hydrogen (secondary N) is 1. The van der Waals surface area contributed by atoms with Gasteiger partial charge in [0.25, 0.3) is 0 Å². The van der Waals surface area contributed by atoms with Gasteiger partial charge in [-0.2, -0.15) is 0 Å². The molecule has 0 aromatic heterocycles. The van der Waals surface area contributed by atoms with Gasteiger partial charge in [-0.25, -0.2) is 0 Å². The zero-order valence-corrected chi connectivity index (χ0v) is 8.06. The Morgan fingerprint density at radius 2 is 1.73 bits per heavy atom. The Balaban J connectivity index is 2.34. The summed E-state index contributed by atoms with van der Waals surface area (Å²) in [6.45, 7) is 8.24. The van der Waals surface area contributed by atoms with Crippen molar-refractivity contribution < 1.29 is 0 Å². The lowest BCUT2D eigenvalue weighted by Crippen LogP contribution is -2.34. The fourth-order valence-corrected chi connectivity index (χ4v) is 1.72. The van der Waals surface area contributed by atoms with Crippen molar-refractivity contribution in [2.24, 2.45) is 11.8 Å². The topological polar surface area (TPSA) is 12.0 Å². The van der Waals surface area contributed by atoms with E-state index in [2.05, 4.69) is 26.1 Å². The summed E-state index contributed by atoms with van der Waals surface area (Å²) in [6.07, 6.45) is 4.18. The second-order valence-electron chi connectivity index (χ2n) is 4.19. The quantitative estimate of drug-likeness (QED) is 0.566. The van der Waals surface area contributed by atoms with Crippen LogP contribution in [-0.2, 0) is 0 Å². The van der Waals surface area contributed by atoms with Gasteiger partial charge in [0.1, 0.15) is 0 Å². The predicted octanol–water partition coefficient (Wildman–Crippen LogP) is 2.42. The third-order valence-electron chi connectivity index (χ3n) is 3.06. The number of hydrogen-bond acceptors (Lipinski definition) is 1. The molecule has 1 aliphatic heterocycles. The van der Waals surface area contributed by atoms with Crippen molar-refractivity contribution in [3.05, 3.63) is 0 Å². The fraction of sp³-hybridized carbons (Fsp3) is 1.00. The Labute approximate surface area is 70.6 Å². The molecule has 0 aliphatic carbocycles. The lowest BCUT2D eigenvalue weighted by molar-refractivity contribution is 0.290. The first-order valence-electron chi connectivity index (χ1n) is 4.93. The molecular weight excluding hydrogens is 134 g/mol. The molecule has 11 heavy (non-hydrogen) atoms. The standard InChI is InChI=1S/C10H21N/c1-8-5-4-6-10(3)11-7-9(8)2/h8-11H,4-7H2,1-3H3/t8?,9-,10?/m1/s1. The van der Waals surface area contributed by atoms with Crippen LogP contribution in [0.25, 0.3) is 0 Å². The number of hydrogen-bond donors (Lipinski definition) is 1. The maximum Gasteiger partial charge on any atom is 0.00388 e. The van der Waals surface area contributed by atoms with E-state index in [1.54, 1.807) is 0 Å². The molecule has 1 rings (SSSR count). The van der Waals surface area contributed by atoms with Crippen molar-refractivity contribution in [1.29, 1.82) is 0 Å². The van der Waals surface area contributed by atoms with Gasteiger partial charge in [0.15, 0.2) is 0 Å². The van der Waals surface area contributed by atoms with E-state index in [9.17, 15) is 0 Å². The van der Waals surface area contributed by atoms with Crippen molar-refractivity contribution in [2.75, 3.05) is 6.54 Å². The first-order chi connectivity index (χ1) is 5.20. The fourth-order valence-electron chi connectivity index (χ4n) is 1.72. The molecule has 0 aromatic rings. The Hall–Kier alpha value is -0.0400. The average Bonchev–Trinajstić information content (AvgIpc) is 1.98. The van der Waals surface area contributed by atoms with Gasteiger partial charge in [0, 0.05) is 6.04 Å². The Kier molecular flexibility index (Phi) is 3.38. The Morgan fingerprint density at radius 1 is 1.00 bits per heavy atom. The van der Waals surface area contributed by atoms with E-state index in [0.717, 1.165) is 17.9 Å². The van der Waals surface area contributed by atoms with Crippen molar-refractivity contribution in [3.63, 3.8) is 0 Å². The zero-order valence-electron chi connectivity index (χ0n) is 8.06. The molecule has 3 atom stereocenters. The highest BCUT2D eigenvalue weighted by atomic mass is 14.9. The maximum atomic E-state index is 3.56. The van der Waals surface area contributed by atoms with Crippen LogP contribution < -0.4 is 5.32 Å². The minimum absolute atomic E-state index is 0.741. The smallest absolute Gasteiger partial charge is 0.00388 e. The molecule has 1 heteroatoms. The van der Waals surface area contributed by atoms with E-state index in [0.29, 0.717) is 0 Å². The van der Waals surface area contributed by atoms with Crippen LogP contribution >= 0.6 is 0 Å². The second kappa shape index (κ2) is 4.10. The molecular formula is C10H21N. The molecule has 1 heterocycles. The van der Waals surface area contributed by atoms with Gasteiger partial charge in [0.2, 0.25) is 0 Å². The first-order valence-corrected chi connectivity index (χ1v) is 4.93. The molecule has 1 aliphatic rings. The van der Waals surface area contributed by atoms with Crippen molar-refractivity contribution in [2.45, 2.75) is 46.1 Å². The summed E-state index contributed by atoms with van der Waals surface area (Å²) < 4.78 is 0. The molecule has 1 nitrogen and oxygen atoms in total. The van der Waals surface area contributed by atoms with Crippen LogP contribution in [-0.4, -0.2) is 12.6 Å². The monoisotopic (exact) mass is 155 g/mol. The zero-order chi connectivity index (χ0) is 8.27. The van der Waals surface area contributed by atoms with Gasteiger partial charge in [-0.05, 0) is 31.7 Å². The maximum absolute atomic E-state index is 3.56. The molecule has 0 radical (unpaired) electrons. The molecule has 0 bridgehead atoms. The van der Waals surface area contributed by atoms with Gasteiger partial charge < -0.3 is 5.32 Å². The van der Waals surface area contributed by atoms with Gasteiger partial charge in [-0.15, -0.1) is 0 Å².